The fourth-order valence-corrected chi connectivity index (χ4v) is 4.20. The molecule has 26 heavy (non-hydrogen) atoms. The molecule has 6 nitrogen and oxygen atoms in total. The zero-order valence-corrected chi connectivity index (χ0v) is 16.6. The summed E-state index contributed by atoms with van der Waals surface area (Å²) in [7, 11) is -7.24. The van der Waals surface area contributed by atoms with Crippen molar-refractivity contribution < 1.29 is 21.0 Å². The first-order valence-electron chi connectivity index (χ1n) is 8.13. The standard InChI is InChI=1S/C18H23NO5S2/c1-14(2)12-16-6-4-5-7-18(16)26(22,23)19-13-15-8-10-17(11-9-15)24-25(3,20)21/h4-11,14,19H,12-13H2,1-3H3. The lowest BCUT2D eigenvalue weighted by Crippen LogP contribution is -2.24. The van der Waals surface area contributed by atoms with Gasteiger partial charge in [0.25, 0.3) is 0 Å². The minimum Gasteiger partial charge on any atom is -0.383 e. The number of hydrogen-bond acceptors (Lipinski definition) is 5. The van der Waals surface area contributed by atoms with Crippen molar-refractivity contribution in [2.24, 2.45) is 5.92 Å². The van der Waals surface area contributed by atoms with E-state index < -0.39 is 20.1 Å². The van der Waals surface area contributed by atoms with Crippen molar-refractivity contribution in [2.45, 2.75) is 31.7 Å². The summed E-state index contributed by atoms with van der Waals surface area (Å²) in [6, 6.07) is 13.2. The summed E-state index contributed by atoms with van der Waals surface area (Å²) in [6.07, 6.45) is 1.64. The summed E-state index contributed by atoms with van der Waals surface area (Å²) in [5.41, 5.74) is 1.47. The maximum absolute atomic E-state index is 12.6. The van der Waals surface area contributed by atoms with Crippen LogP contribution in [-0.2, 0) is 33.1 Å². The van der Waals surface area contributed by atoms with Gasteiger partial charge in [0.2, 0.25) is 10.0 Å². The Labute approximate surface area is 155 Å². The molecule has 0 unspecified atom stereocenters. The van der Waals surface area contributed by atoms with Crippen LogP contribution in [0.3, 0.4) is 0 Å². The van der Waals surface area contributed by atoms with Crippen LogP contribution in [-0.4, -0.2) is 23.1 Å². The van der Waals surface area contributed by atoms with Crippen LogP contribution in [0.5, 0.6) is 5.75 Å². The molecule has 142 valence electrons. The third-order valence-corrected chi connectivity index (χ3v) is 5.52. The lowest BCUT2D eigenvalue weighted by Gasteiger charge is -2.13. The minimum atomic E-state index is -3.65. The molecule has 0 aliphatic rings. The first-order chi connectivity index (χ1) is 12.1. The molecule has 0 fully saturated rings. The maximum Gasteiger partial charge on any atom is 0.306 e. The molecule has 0 aliphatic carbocycles. The first kappa shape index (κ1) is 20.4. The number of hydrogen-bond donors (Lipinski definition) is 1. The van der Waals surface area contributed by atoms with E-state index in [-0.39, 0.29) is 17.2 Å². The highest BCUT2D eigenvalue weighted by molar-refractivity contribution is 7.89. The van der Waals surface area contributed by atoms with Gasteiger partial charge < -0.3 is 4.18 Å². The molecule has 0 bridgehead atoms. The van der Waals surface area contributed by atoms with Crippen LogP contribution in [0.1, 0.15) is 25.0 Å². The summed E-state index contributed by atoms with van der Waals surface area (Å²) in [4.78, 5) is 0.283. The van der Waals surface area contributed by atoms with Gasteiger partial charge in [0, 0.05) is 6.54 Å². The van der Waals surface area contributed by atoms with Gasteiger partial charge in [-0.1, -0.05) is 44.2 Å². The van der Waals surface area contributed by atoms with Gasteiger partial charge in [0.15, 0.2) is 0 Å². The van der Waals surface area contributed by atoms with Crippen LogP contribution in [0, 0.1) is 5.92 Å². The Balaban J connectivity index is 2.11. The number of benzene rings is 2. The fraction of sp³-hybridized carbons (Fsp3) is 0.333. The quantitative estimate of drug-likeness (QED) is 0.692. The van der Waals surface area contributed by atoms with Crippen molar-refractivity contribution in [2.75, 3.05) is 6.26 Å². The Morgan fingerprint density at radius 1 is 0.962 bits per heavy atom. The predicted molar refractivity (Wildman–Crippen MR) is 101 cm³/mol. The zero-order valence-electron chi connectivity index (χ0n) is 15.0. The lowest BCUT2D eigenvalue weighted by molar-refractivity contribution is 0.493. The Morgan fingerprint density at radius 3 is 2.15 bits per heavy atom. The molecule has 0 aromatic heterocycles. The molecule has 0 atom stereocenters. The van der Waals surface area contributed by atoms with Crippen LogP contribution in [0.15, 0.2) is 53.4 Å². The van der Waals surface area contributed by atoms with Gasteiger partial charge in [-0.15, -0.1) is 0 Å². The summed E-state index contributed by atoms with van der Waals surface area (Å²) >= 11 is 0. The highest BCUT2D eigenvalue weighted by Crippen LogP contribution is 2.20. The molecule has 0 aliphatic heterocycles. The molecule has 8 heteroatoms. The Bertz CT molecular complexity index is 949. The normalized spacial score (nSPS) is 12.3. The molecule has 0 heterocycles. The maximum atomic E-state index is 12.6. The zero-order chi connectivity index (χ0) is 19.4. The van der Waals surface area contributed by atoms with E-state index in [1.807, 2.05) is 26.0 Å². The van der Waals surface area contributed by atoms with Gasteiger partial charge in [0.1, 0.15) is 5.75 Å². The molecule has 2 aromatic carbocycles. The second-order valence-electron chi connectivity index (χ2n) is 6.46. The topological polar surface area (TPSA) is 89.5 Å². The molecule has 2 rings (SSSR count). The summed E-state index contributed by atoms with van der Waals surface area (Å²) < 4.78 is 54.8. The van der Waals surface area contributed by atoms with Crippen molar-refractivity contribution in [3.05, 3.63) is 59.7 Å². The third kappa shape index (κ3) is 6.12. The first-order valence-corrected chi connectivity index (χ1v) is 11.4. The van der Waals surface area contributed by atoms with Crippen molar-refractivity contribution in [3.63, 3.8) is 0 Å². The predicted octanol–water partition coefficient (Wildman–Crippen LogP) is 2.70. The van der Waals surface area contributed by atoms with E-state index in [2.05, 4.69) is 4.72 Å². The molecular weight excluding hydrogens is 374 g/mol. The van der Waals surface area contributed by atoms with Crippen LogP contribution < -0.4 is 8.91 Å². The van der Waals surface area contributed by atoms with Crippen molar-refractivity contribution in [3.8, 4) is 5.75 Å². The van der Waals surface area contributed by atoms with E-state index in [4.69, 9.17) is 4.18 Å². The second-order valence-corrected chi connectivity index (χ2v) is 9.77. The number of nitrogens with one attached hydrogen (secondary N) is 1. The van der Waals surface area contributed by atoms with Gasteiger partial charge in [-0.3, -0.25) is 0 Å². The van der Waals surface area contributed by atoms with E-state index in [0.717, 1.165) is 11.8 Å². The molecule has 0 saturated carbocycles. The molecule has 0 amide bonds. The fourth-order valence-electron chi connectivity index (χ4n) is 2.47. The van der Waals surface area contributed by atoms with E-state index >= 15 is 0 Å². The number of sulfonamides is 1. The van der Waals surface area contributed by atoms with Gasteiger partial charge in [-0.05, 0) is 41.7 Å². The largest absolute Gasteiger partial charge is 0.383 e. The van der Waals surface area contributed by atoms with Gasteiger partial charge in [-0.25, -0.2) is 13.1 Å². The lowest BCUT2D eigenvalue weighted by atomic mass is 10.0. The smallest absolute Gasteiger partial charge is 0.306 e. The van der Waals surface area contributed by atoms with Crippen LogP contribution in [0.2, 0.25) is 0 Å². The summed E-state index contributed by atoms with van der Waals surface area (Å²) in [6.45, 7) is 4.17. The van der Waals surface area contributed by atoms with Crippen molar-refractivity contribution in [1.82, 2.24) is 4.72 Å². The Hall–Kier alpha value is -1.90. The second kappa shape index (κ2) is 8.20. The Kier molecular flexibility index (Phi) is 6.44. The van der Waals surface area contributed by atoms with Gasteiger partial charge in [-0.2, -0.15) is 8.42 Å². The average molecular weight is 398 g/mol. The SMILES string of the molecule is CC(C)Cc1ccccc1S(=O)(=O)NCc1ccc(OS(C)(=O)=O)cc1. The molecular formula is C18H23NO5S2. The minimum absolute atomic E-state index is 0.0947. The monoisotopic (exact) mass is 397 g/mol. The van der Waals surface area contributed by atoms with Crippen LogP contribution in [0.4, 0.5) is 0 Å². The highest BCUT2D eigenvalue weighted by atomic mass is 32.2. The van der Waals surface area contributed by atoms with Crippen molar-refractivity contribution in [1.29, 1.82) is 0 Å². The molecule has 0 spiro atoms. The van der Waals surface area contributed by atoms with Crippen LogP contribution >= 0.6 is 0 Å². The van der Waals surface area contributed by atoms with Gasteiger partial charge >= 0.3 is 10.1 Å². The highest BCUT2D eigenvalue weighted by Gasteiger charge is 2.18. The van der Waals surface area contributed by atoms with Crippen LogP contribution in [0.25, 0.3) is 0 Å². The van der Waals surface area contributed by atoms with E-state index in [1.165, 1.54) is 12.1 Å². The third-order valence-electron chi connectivity index (χ3n) is 3.53. The van der Waals surface area contributed by atoms with E-state index in [0.29, 0.717) is 17.9 Å². The van der Waals surface area contributed by atoms with Gasteiger partial charge in [0.05, 0.1) is 11.2 Å². The summed E-state index contributed by atoms with van der Waals surface area (Å²) in [5, 5.41) is 0. The number of rotatable bonds is 8. The molecule has 0 radical (unpaired) electrons. The average Bonchev–Trinajstić information content (AvgIpc) is 2.53. The summed E-state index contributed by atoms with van der Waals surface area (Å²) in [5.74, 6) is 0.523. The Morgan fingerprint density at radius 2 is 1.58 bits per heavy atom. The van der Waals surface area contributed by atoms with E-state index in [1.54, 1.807) is 24.3 Å². The molecule has 2 aromatic rings. The van der Waals surface area contributed by atoms with Crippen molar-refractivity contribution >= 4 is 20.1 Å². The molecule has 0 saturated heterocycles. The molecule has 1 N–H and O–H groups in total. The van der Waals surface area contributed by atoms with E-state index in [9.17, 15) is 16.8 Å².